The van der Waals surface area contributed by atoms with Crippen molar-refractivity contribution in [3.63, 3.8) is 0 Å². The molecule has 2 amide bonds. The summed E-state index contributed by atoms with van der Waals surface area (Å²) in [7, 11) is 1.87. The number of aromatic nitrogens is 2. The van der Waals surface area contributed by atoms with Gasteiger partial charge in [-0.15, -0.1) is 0 Å². The summed E-state index contributed by atoms with van der Waals surface area (Å²) in [5, 5.41) is 3.06. The van der Waals surface area contributed by atoms with Gasteiger partial charge < -0.3 is 16.0 Å². The summed E-state index contributed by atoms with van der Waals surface area (Å²) in [6.45, 7) is 5.46. The maximum Gasteiger partial charge on any atom is 0.224 e. The van der Waals surface area contributed by atoms with Crippen molar-refractivity contribution in [1.82, 2.24) is 14.9 Å². The van der Waals surface area contributed by atoms with Crippen LogP contribution in [0.4, 0.5) is 5.69 Å². The molecule has 0 atom stereocenters. The average molecular weight is 500 g/mol. The van der Waals surface area contributed by atoms with Crippen LogP contribution in [-0.4, -0.2) is 39.8 Å². The average Bonchev–Trinajstić information content (AvgIpc) is 2.88. The van der Waals surface area contributed by atoms with Crippen molar-refractivity contribution >= 4 is 17.5 Å². The van der Waals surface area contributed by atoms with Crippen molar-refractivity contribution in [2.24, 2.45) is 11.7 Å². The largest absolute Gasteiger partial charge is 0.343 e. The first kappa shape index (κ1) is 26.5. The normalized spacial score (nSPS) is 17.8. The highest BCUT2D eigenvalue weighted by Gasteiger charge is 2.26. The zero-order valence-electron chi connectivity index (χ0n) is 22.2. The minimum atomic E-state index is -0.523. The molecule has 0 saturated heterocycles. The van der Waals surface area contributed by atoms with E-state index in [0.717, 1.165) is 53.8 Å². The molecular weight excluding hydrogens is 462 g/mol. The van der Waals surface area contributed by atoms with Crippen LogP contribution in [-0.2, 0) is 15.1 Å². The van der Waals surface area contributed by atoms with Crippen LogP contribution in [0.25, 0.3) is 22.4 Å². The highest BCUT2D eigenvalue weighted by molar-refractivity contribution is 5.92. The number of anilines is 1. The van der Waals surface area contributed by atoms with Gasteiger partial charge in [-0.3, -0.25) is 19.6 Å². The predicted octanol–water partition coefficient (Wildman–Crippen LogP) is 5.37. The first-order chi connectivity index (χ1) is 17.6. The van der Waals surface area contributed by atoms with Gasteiger partial charge in [-0.25, -0.2) is 0 Å². The zero-order valence-corrected chi connectivity index (χ0v) is 22.2. The van der Waals surface area contributed by atoms with E-state index in [-0.39, 0.29) is 17.9 Å². The summed E-state index contributed by atoms with van der Waals surface area (Å²) < 4.78 is 0. The number of nitrogens with zero attached hydrogens (tertiary/aromatic N) is 3. The number of benzene rings is 1. The standard InChI is InChI=1S/C30H37N5O2/c1-20(36)35(4)25-13-10-21(11-14-25)16-28(37)34-24-17-26(22-8-6-5-7-9-22)29(33-19-24)23-12-15-27(32-18-23)30(2,3)31/h5-9,12,15,17-19,21,25H,10-11,13-14,16,31H2,1-4H3,(H,34,37). The lowest BCUT2D eigenvalue weighted by Gasteiger charge is -2.34. The lowest BCUT2D eigenvalue weighted by Crippen LogP contribution is -2.38. The van der Waals surface area contributed by atoms with Crippen LogP contribution in [0.3, 0.4) is 0 Å². The molecule has 3 N–H and O–H groups in total. The Morgan fingerprint density at radius 2 is 1.70 bits per heavy atom. The van der Waals surface area contributed by atoms with Crippen LogP contribution in [0.5, 0.6) is 0 Å². The maximum absolute atomic E-state index is 12.9. The van der Waals surface area contributed by atoms with Crippen LogP contribution < -0.4 is 11.1 Å². The quantitative estimate of drug-likeness (QED) is 0.455. The fraction of sp³-hybridized carbons (Fsp3) is 0.400. The molecule has 7 nitrogen and oxygen atoms in total. The molecule has 1 aliphatic carbocycles. The molecule has 2 aromatic heterocycles. The highest BCUT2D eigenvalue weighted by atomic mass is 16.2. The van der Waals surface area contributed by atoms with Gasteiger partial charge in [-0.2, -0.15) is 0 Å². The number of hydrogen-bond acceptors (Lipinski definition) is 5. The zero-order chi connectivity index (χ0) is 26.6. The van der Waals surface area contributed by atoms with Crippen molar-refractivity contribution in [1.29, 1.82) is 0 Å². The molecule has 1 aliphatic rings. The predicted molar refractivity (Wildman–Crippen MR) is 148 cm³/mol. The molecule has 0 spiro atoms. The van der Waals surface area contributed by atoms with E-state index in [1.54, 1.807) is 19.3 Å². The molecule has 0 unspecified atom stereocenters. The van der Waals surface area contributed by atoms with Gasteiger partial charge in [-0.05, 0) is 69.2 Å². The lowest BCUT2D eigenvalue weighted by atomic mass is 9.83. The van der Waals surface area contributed by atoms with E-state index in [4.69, 9.17) is 10.7 Å². The van der Waals surface area contributed by atoms with E-state index in [1.807, 2.05) is 74.3 Å². The lowest BCUT2D eigenvalue weighted by molar-refractivity contribution is -0.130. The van der Waals surface area contributed by atoms with Crippen molar-refractivity contribution in [3.8, 4) is 22.4 Å². The maximum atomic E-state index is 12.9. The molecule has 1 fully saturated rings. The molecule has 0 radical (unpaired) electrons. The first-order valence-corrected chi connectivity index (χ1v) is 13.0. The first-order valence-electron chi connectivity index (χ1n) is 13.0. The number of rotatable bonds is 7. The van der Waals surface area contributed by atoms with Crippen molar-refractivity contribution in [2.75, 3.05) is 12.4 Å². The number of amides is 2. The van der Waals surface area contributed by atoms with Gasteiger partial charge in [0.25, 0.3) is 0 Å². The second-order valence-corrected chi connectivity index (χ2v) is 10.7. The Morgan fingerprint density at radius 1 is 1.00 bits per heavy atom. The van der Waals surface area contributed by atoms with Gasteiger partial charge in [0.15, 0.2) is 0 Å². The number of nitrogens with two attached hydrogens (primary N) is 1. The van der Waals surface area contributed by atoms with Crippen molar-refractivity contribution < 1.29 is 9.59 Å². The summed E-state index contributed by atoms with van der Waals surface area (Å²) in [6, 6.07) is 16.2. The molecule has 7 heteroatoms. The molecule has 37 heavy (non-hydrogen) atoms. The van der Waals surface area contributed by atoms with E-state index < -0.39 is 5.54 Å². The van der Waals surface area contributed by atoms with Gasteiger partial charge in [-0.1, -0.05) is 30.3 Å². The SMILES string of the molecule is CC(=O)N(C)C1CCC(CC(=O)Nc2cnc(-c3ccc(C(C)(C)N)nc3)c(-c3ccccc3)c2)CC1. The van der Waals surface area contributed by atoms with Gasteiger partial charge in [0.2, 0.25) is 11.8 Å². The highest BCUT2D eigenvalue weighted by Crippen LogP contribution is 2.33. The van der Waals surface area contributed by atoms with Crippen LogP contribution in [0.1, 0.15) is 58.6 Å². The number of carbonyl (C=O) groups is 2. The molecule has 1 aromatic carbocycles. The van der Waals surface area contributed by atoms with Crippen molar-refractivity contribution in [3.05, 3.63) is 66.6 Å². The fourth-order valence-electron chi connectivity index (χ4n) is 4.98. The minimum Gasteiger partial charge on any atom is -0.343 e. The molecular formula is C30H37N5O2. The van der Waals surface area contributed by atoms with E-state index >= 15 is 0 Å². The second-order valence-electron chi connectivity index (χ2n) is 10.7. The Balaban J connectivity index is 1.49. The summed E-state index contributed by atoms with van der Waals surface area (Å²) in [5.41, 5.74) is 10.8. The van der Waals surface area contributed by atoms with E-state index in [9.17, 15) is 9.59 Å². The Labute approximate surface area is 219 Å². The number of pyridine rings is 2. The molecule has 194 valence electrons. The number of nitrogens with one attached hydrogen (secondary N) is 1. The molecule has 0 bridgehead atoms. The van der Waals surface area contributed by atoms with Crippen LogP contribution in [0, 0.1) is 5.92 Å². The Hall–Kier alpha value is -3.58. The van der Waals surface area contributed by atoms with Crippen molar-refractivity contribution in [2.45, 2.75) is 64.5 Å². The van der Waals surface area contributed by atoms with E-state index in [0.29, 0.717) is 18.0 Å². The Morgan fingerprint density at radius 3 is 2.30 bits per heavy atom. The van der Waals surface area contributed by atoms with Gasteiger partial charge >= 0.3 is 0 Å². The van der Waals surface area contributed by atoms with E-state index in [1.165, 1.54) is 0 Å². The monoisotopic (exact) mass is 499 g/mol. The fourth-order valence-corrected chi connectivity index (χ4v) is 4.98. The third-order valence-corrected chi connectivity index (χ3v) is 7.29. The summed E-state index contributed by atoms with van der Waals surface area (Å²) in [4.78, 5) is 35.7. The van der Waals surface area contributed by atoms with Crippen LogP contribution in [0.15, 0.2) is 60.9 Å². The Kier molecular flexibility index (Phi) is 8.03. The third-order valence-electron chi connectivity index (χ3n) is 7.29. The summed E-state index contributed by atoms with van der Waals surface area (Å²) in [5.74, 6) is 0.420. The molecule has 1 saturated carbocycles. The van der Waals surface area contributed by atoms with Crippen LogP contribution >= 0.6 is 0 Å². The number of hydrogen-bond donors (Lipinski definition) is 2. The molecule has 2 heterocycles. The van der Waals surface area contributed by atoms with Gasteiger partial charge in [0, 0.05) is 43.8 Å². The minimum absolute atomic E-state index is 0.00636. The third kappa shape index (κ3) is 6.60. The van der Waals surface area contributed by atoms with Gasteiger partial charge in [0.1, 0.15) is 0 Å². The molecule has 4 rings (SSSR count). The smallest absolute Gasteiger partial charge is 0.224 e. The van der Waals surface area contributed by atoms with Gasteiger partial charge in [0.05, 0.1) is 28.8 Å². The second kappa shape index (κ2) is 11.2. The number of carbonyl (C=O) groups excluding carboxylic acids is 2. The van der Waals surface area contributed by atoms with E-state index in [2.05, 4.69) is 10.3 Å². The molecule has 0 aliphatic heterocycles. The topological polar surface area (TPSA) is 101 Å². The Bertz CT molecular complexity index is 1230. The summed E-state index contributed by atoms with van der Waals surface area (Å²) >= 11 is 0. The molecule has 3 aromatic rings. The summed E-state index contributed by atoms with van der Waals surface area (Å²) in [6.07, 6.45) is 7.76. The van der Waals surface area contributed by atoms with Crippen LogP contribution in [0.2, 0.25) is 0 Å².